The van der Waals surface area contributed by atoms with Crippen LogP contribution >= 0.6 is 15.9 Å². The van der Waals surface area contributed by atoms with Crippen LogP contribution in [0.4, 0.5) is 23.2 Å². The monoisotopic (exact) mass is 440 g/mol. The van der Waals surface area contributed by atoms with Crippen LogP contribution in [0.25, 0.3) is 0 Å². The number of hydrogen-bond acceptors (Lipinski definition) is 3. The lowest BCUT2D eigenvalue weighted by Gasteiger charge is -2.14. The molecule has 0 radical (unpaired) electrons. The SMILES string of the molecule is NS(=O)(=O)c1ccc(NCCc2cc(Br)ccc2F)cc1C(F)(F)F. The second kappa shape index (κ2) is 7.30. The van der Waals surface area contributed by atoms with Crippen molar-refractivity contribution in [3.63, 3.8) is 0 Å². The van der Waals surface area contributed by atoms with Crippen LogP contribution in [-0.2, 0) is 22.6 Å². The van der Waals surface area contributed by atoms with E-state index in [4.69, 9.17) is 5.14 Å². The number of hydrogen-bond donors (Lipinski definition) is 2. The van der Waals surface area contributed by atoms with E-state index in [9.17, 15) is 26.0 Å². The fraction of sp³-hybridized carbons (Fsp3) is 0.200. The summed E-state index contributed by atoms with van der Waals surface area (Å²) >= 11 is 3.21. The summed E-state index contributed by atoms with van der Waals surface area (Å²) in [4.78, 5) is -0.997. The number of nitrogens with two attached hydrogens (primary N) is 1. The molecule has 3 N–H and O–H groups in total. The molecule has 0 aliphatic rings. The summed E-state index contributed by atoms with van der Waals surface area (Å²) in [5.74, 6) is -0.425. The summed E-state index contributed by atoms with van der Waals surface area (Å²) in [6.45, 7) is 0.152. The van der Waals surface area contributed by atoms with Gasteiger partial charge in [-0.1, -0.05) is 15.9 Å². The molecule has 0 fully saturated rings. The molecule has 0 bridgehead atoms. The van der Waals surface area contributed by atoms with Gasteiger partial charge in [0, 0.05) is 16.7 Å². The zero-order valence-electron chi connectivity index (χ0n) is 12.6. The normalized spacial score (nSPS) is 12.2. The van der Waals surface area contributed by atoms with Crippen molar-refractivity contribution in [2.24, 2.45) is 5.14 Å². The number of primary sulfonamides is 1. The van der Waals surface area contributed by atoms with Crippen LogP contribution in [0.5, 0.6) is 0 Å². The van der Waals surface area contributed by atoms with Gasteiger partial charge in [-0.25, -0.2) is 17.9 Å². The van der Waals surface area contributed by atoms with E-state index in [1.807, 2.05) is 0 Å². The average Bonchev–Trinajstić information content (AvgIpc) is 2.49. The predicted octanol–water partition coefficient (Wildman–Crippen LogP) is 3.91. The van der Waals surface area contributed by atoms with Crippen molar-refractivity contribution in [3.05, 3.63) is 57.8 Å². The Hall–Kier alpha value is -1.65. The van der Waals surface area contributed by atoms with E-state index < -0.39 is 32.5 Å². The molecule has 0 heterocycles. The van der Waals surface area contributed by atoms with Crippen LogP contribution in [0, 0.1) is 5.82 Å². The lowest BCUT2D eigenvalue weighted by Crippen LogP contribution is -2.19. The molecule has 0 atom stereocenters. The highest BCUT2D eigenvalue weighted by Gasteiger charge is 2.36. The molecule has 0 aromatic heterocycles. The van der Waals surface area contributed by atoms with Gasteiger partial charge in [-0.2, -0.15) is 13.2 Å². The third-order valence-electron chi connectivity index (χ3n) is 3.32. The summed E-state index contributed by atoms with van der Waals surface area (Å²) in [7, 11) is -4.51. The number of benzene rings is 2. The van der Waals surface area contributed by atoms with E-state index in [0.29, 0.717) is 16.1 Å². The zero-order valence-corrected chi connectivity index (χ0v) is 15.0. The quantitative estimate of drug-likeness (QED) is 0.692. The molecule has 0 aliphatic carbocycles. The molecule has 0 spiro atoms. The second-order valence-corrected chi connectivity index (χ2v) is 7.61. The van der Waals surface area contributed by atoms with Gasteiger partial charge in [-0.15, -0.1) is 0 Å². The predicted molar refractivity (Wildman–Crippen MR) is 89.1 cm³/mol. The van der Waals surface area contributed by atoms with Crippen molar-refractivity contribution in [2.75, 3.05) is 11.9 Å². The van der Waals surface area contributed by atoms with Crippen LogP contribution in [-0.4, -0.2) is 15.0 Å². The fourth-order valence-corrected chi connectivity index (χ4v) is 3.33. The number of halogens is 5. The molecular weight excluding hydrogens is 428 g/mol. The van der Waals surface area contributed by atoms with E-state index in [1.54, 1.807) is 6.07 Å². The van der Waals surface area contributed by atoms with Crippen molar-refractivity contribution in [2.45, 2.75) is 17.5 Å². The molecule has 10 heteroatoms. The molecule has 0 amide bonds. The lowest BCUT2D eigenvalue weighted by atomic mass is 10.1. The van der Waals surface area contributed by atoms with E-state index in [1.165, 1.54) is 18.2 Å². The Kier molecular flexibility index (Phi) is 5.75. The molecule has 0 unspecified atom stereocenters. The molecule has 4 nitrogen and oxygen atoms in total. The van der Waals surface area contributed by atoms with Gasteiger partial charge in [0.1, 0.15) is 5.82 Å². The van der Waals surface area contributed by atoms with Gasteiger partial charge in [-0.3, -0.25) is 0 Å². The first kappa shape index (κ1) is 19.7. The molecule has 2 aromatic rings. The number of anilines is 1. The Labute approximate surface area is 150 Å². The van der Waals surface area contributed by atoms with Crippen molar-refractivity contribution in [3.8, 4) is 0 Å². The highest BCUT2D eigenvalue weighted by molar-refractivity contribution is 9.10. The molecular formula is C15H13BrF4N2O2S. The van der Waals surface area contributed by atoms with E-state index in [2.05, 4.69) is 21.2 Å². The largest absolute Gasteiger partial charge is 0.417 e. The maximum Gasteiger partial charge on any atom is 0.417 e. The zero-order chi connectivity index (χ0) is 18.8. The van der Waals surface area contributed by atoms with Gasteiger partial charge in [0.15, 0.2) is 0 Å². The Bertz CT molecular complexity index is 886. The van der Waals surface area contributed by atoms with E-state index in [0.717, 1.165) is 6.07 Å². The summed E-state index contributed by atoms with van der Waals surface area (Å²) in [6, 6.07) is 7.02. The molecule has 136 valence electrons. The first-order valence-electron chi connectivity index (χ1n) is 6.90. The fourth-order valence-electron chi connectivity index (χ4n) is 2.19. The topological polar surface area (TPSA) is 72.2 Å². The van der Waals surface area contributed by atoms with Crippen molar-refractivity contribution in [1.82, 2.24) is 0 Å². The summed E-state index contributed by atoms with van der Waals surface area (Å²) in [5, 5.41) is 7.53. The minimum absolute atomic E-state index is 0.0510. The number of alkyl halides is 3. The van der Waals surface area contributed by atoms with Gasteiger partial charge in [0.2, 0.25) is 10.0 Å². The lowest BCUT2D eigenvalue weighted by molar-refractivity contribution is -0.139. The maximum atomic E-state index is 13.6. The number of sulfonamides is 1. The molecule has 0 saturated carbocycles. The first-order valence-corrected chi connectivity index (χ1v) is 9.24. The second-order valence-electron chi connectivity index (χ2n) is 5.17. The van der Waals surface area contributed by atoms with Gasteiger partial charge >= 0.3 is 6.18 Å². The number of rotatable bonds is 5. The van der Waals surface area contributed by atoms with Gasteiger partial charge in [-0.05, 0) is 48.4 Å². The third-order valence-corrected chi connectivity index (χ3v) is 4.79. The highest BCUT2D eigenvalue weighted by atomic mass is 79.9. The van der Waals surface area contributed by atoms with Crippen molar-refractivity contribution in [1.29, 1.82) is 0 Å². The smallest absolute Gasteiger partial charge is 0.385 e. The van der Waals surface area contributed by atoms with Crippen LogP contribution in [0.1, 0.15) is 11.1 Å². The molecule has 2 rings (SSSR count). The first-order chi connectivity index (χ1) is 11.5. The molecule has 2 aromatic carbocycles. The Balaban J connectivity index is 2.19. The standard InChI is InChI=1S/C15H13BrF4N2O2S/c16-10-1-3-13(17)9(7-10)5-6-22-11-2-4-14(25(21,23)24)12(8-11)15(18,19)20/h1-4,7-8,22H,5-6H2,(H2,21,23,24). The number of nitrogens with one attached hydrogen (secondary N) is 1. The van der Waals surface area contributed by atoms with Gasteiger partial charge < -0.3 is 5.32 Å². The van der Waals surface area contributed by atoms with Gasteiger partial charge in [0.25, 0.3) is 0 Å². The molecule has 0 aliphatic heterocycles. The minimum atomic E-state index is -4.88. The third kappa shape index (κ3) is 5.16. The Morgan fingerprint density at radius 2 is 1.80 bits per heavy atom. The summed E-state index contributed by atoms with van der Waals surface area (Å²) in [6.07, 6.45) is -4.65. The average molecular weight is 441 g/mol. The maximum absolute atomic E-state index is 13.6. The highest BCUT2D eigenvalue weighted by Crippen LogP contribution is 2.35. The van der Waals surface area contributed by atoms with Crippen molar-refractivity contribution >= 4 is 31.6 Å². The summed E-state index contributed by atoms with van der Waals surface area (Å²) in [5.41, 5.74) is -0.914. The Morgan fingerprint density at radius 1 is 1.12 bits per heavy atom. The van der Waals surface area contributed by atoms with E-state index in [-0.39, 0.29) is 18.7 Å². The van der Waals surface area contributed by atoms with Crippen LogP contribution in [0.15, 0.2) is 45.8 Å². The van der Waals surface area contributed by atoms with Crippen LogP contribution < -0.4 is 10.5 Å². The molecule has 0 saturated heterocycles. The van der Waals surface area contributed by atoms with E-state index >= 15 is 0 Å². The summed E-state index contributed by atoms with van der Waals surface area (Å²) < 4.78 is 76.0. The van der Waals surface area contributed by atoms with Crippen LogP contribution in [0.3, 0.4) is 0 Å². The van der Waals surface area contributed by atoms with Crippen molar-refractivity contribution < 1.29 is 26.0 Å². The Morgan fingerprint density at radius 3 is 2.40 bits per heavy atom. The van der Waals surface area contributed by atoms with Gasteiger partial charge in [0.05, 0.1) is 10.5 Å². The minimum Gasteiger partial charge on any atom is -0.385 e. The molecule has 25 heavy (non-hydrogen) atoms. The van der Waals surface area contributed by atoms with Crippen LogP contribution in [0.2, 0.25) is 0 Å².